The van der Waals surface area contributed by atoms with Gasteiger partial charge in [-0.25, -0.2) is 0 Å². The van der Waals surface area contributed by atoms with E-state index < -0.39 is 6.04 Å². The molecule has 2 aromatic rings. The van der Waals surface area contributed by atoms with Crippen LogP contribution in [0.5, 0.6) is 0 Å². The molecule has 2 rings (SSSR count). The number of halogens is 2. The number of rotatable bonds is 9. The van der Waals surface area contributed by atoms with Crippen LogP contribution in [-0.4, -0.2) is 35.1 Å². The van der Waals surface area contributed by atoms with Crippen LogP contribution in [0.1, 0.15) is 26.3 Å². The number of nitrogens with zero attached hydrogens (tertiary/aromatic N) is 1. The summed E-state index contributed by atoms with van der Waals surface area (Å²) in [4.78, 5) is 28.2. The van der Waals surface area contributed by atoms with E-state index >= 15 is 0 Å². The standard InChI is InChI=1S/C22H26Cl2N2O2S/c1-15(2)12-25-22(28)16(3)26(13-17-6-4-5-7-20(17)24)21(27)14-29-19-10-8-18(23)9-11-19/h4-11,15-16H,12-14H2,1-3H3,(H,25,28)/t16-/m0/s1. The van der Waals surface area contributed by atoms with Crippen LogP contribution in [0.15, 0.2) is 53.4 Å². The first-order valence-electron chi connectivity index (χ1n) is 9.47. The molecule has 0 bridgehead atoms. The Morgan fingerprint density at radius 1 is 1.03 bits per heavy atom. The summed E-state index contributed by atoms with van der Waals surface area (Å²) in [6.45, 7) is 6.64. The lowest BCUT2D eigenvalue weighted by atomic mass is 10.1. The normalized spacial score (nSPS) is 11.9. The summed E-state index contributed by atoms with van der Waals surface area (Å²) < 4.78 is 0. The number of amides is 2. The molecule has 1 atom stereocenters. The van der Waals surface area contributed by atoms with Crippen molar-refractivity contribution in [2.45, 2.75) is 38.3 Å². The van der Waals surface area contributed by atoms with E-state index in [1.807, 2.05) is 44.2 Å². The lowest BCUT2D eigenvalue weighted by molar-refractivity contribution is -0.138. The van der Waals surface area contributed by atoms with Gasteiger partial charge in [0.1, 0.15) is 6.04 Å². The van der Waals surface area contributed by atoms with Crippen molar-refractivity contribution in [2.24, 2.45) is 5.92 Å². The van der Waals surface area contributed by atoms with Gasteiger partial charge in [0.15, 0.2) is 0 Å². The second kappa shape index (κ2) is 11.5. The molecule has 0 aliphatic heterocycles. The molecule has 0 aliphatic carbocycles. The minimum atomic E-state index is -0.608. The van der Waals surface area contributed by atoms with Crippen LogP contribution in [0.4, 0.5) is 0 Å². The van der Waals surface area contributed by atoms with Crippen molar-refractivity contribution >= 4 is 46.8 Å². The van der Waals surface area contributed by atoms with Crippen molar-refractivity contribution in [3.05, 3.63) is 64.1 Å². The van der Waals surface area contributed by atoms with Gasteiger partial charge in [0.05, 0.1) is 5.75 Å². The van der Waals surface area contributed by atoms with Crippen molar-refractivity contribution in [3.63, 3.8) is 0 Å². The Morgan fingerprint density at radius 3 is 2.31 bits per heavy atom. The highest BCUT2D eigenvalue weighted by atomic mass is 35.5. The molecular formula is C22H26Cl2N2O2S. The second-order valence-corrected chi connectivity index (χ2v) is 9.06. The van der Waals surface area contributed by atoms with Gasteiger partial charge < -0.3 is 10.2 Å². The summed E-state index contributed by atoms with van der Waals surface area (Å²) in [5, 5.41) is 4.13. The number of nitrogens with one attached hydrogen (secondary N) is 1. The zero-order chi connectivity index (χ0) is 21.4. The van der Waals surface area contributed by atoms with Crippen LogP contribution < -0.4 is 5.32 Å². The quantitative estimate of drug-likeness (QED) is 0.526. The van der Waals surface area contributed by atoms with Crippen LogP contribution in [0.3, 0.4) is 0 Å². The molecule has 0 heterocycles. The van der Waals surface area contributed by atoms with E-state index in [2.05, 4.69) is 5.32 Å². The third-order valence-corrected chi connectivity index (χ3v) is 5.94. The number of hydrogen-bond acceptors (Lipinski definition) is 3. The fraction of sp³-hybridized carbons (Fsp3) is 0.364. The van der Waals surface area contributed by atoms with Crippen molar-refractivity contribution in [2.75, 3.05) is 12.3 Å². The molecule has 29 heavy (non-hydrogen) atoms. The highest BCUT2D eigenvalue weighted by Gasteiger charge is 2.26. The van der Waals surface area contributed by atoms with E-state index in [1.165, 1.54) is 11.8 Å². The summed E-state index contributed by atoms with van der Waals surface area (Å²) in [5.74, 6) is 0.250. The fourth-order valence-corrected chi connectivity index (χ4v) is 3.71. The third kappa shape index (κ3) is 7.57. The number of carbonyl (C=O) groups is 2. The lowest BCUT2D eigenvalue weighted by Gasteiger charge is -2.29. The van der Waals surface area contributed by atoms with Gasteiger partial charge in [-0.05, 0) is 48.7 Å². The molecule has 0 saturated carbocycles. The van der Waals surface area contributed by atoms with Gasteiger partial charge in [-0.1, -0.05) is 55.2 Å². The molecular weight excluding hydrogens is 427 g/mol. The molecule has 0 aliphatic rings. The molecule has 0 aromatic heterocycles. The van der Waals surface area contributed by atoms with Crippen molar-refractivity contribution in [1.82, 2.24) is 10.2 Å². The van der Waals surface area contributed by atoms with Crippen molar-refractivity contribution in [1.29, 1.82) is 0 Å². The average Bonchev–Trinajstić information content (AvgIpc) is 2.70. The first-order valence-corrected chi connectivity index (χ1v) is 11.2. The average molecular weight is 453 g/mol. The van der Waals surface area contributed by atoms with Crippen LogP contribution in [0, 0.1) is 5.92 Å². The number of hydrogen-bond donors (Lipinski definition) is 1. The molecule has 4 nitrogen and oxygen atoms in total. The molecule has 2 aromatic carbocycles. The molecule has 0 unspecified atom stereocenters. The highest BCUT2D eigenvalue weighted by molar-refractivity contribution is 8.00. The molecule has 1 N–H and O–H groups in total. The first kappa shape index (κ1) is 23.6. The second-order valence-electron chi connectivity index (χ2n) is 7.17. The maximum atomic E-state index is 13.0. The molecule has 0 saturated heterocycles. The van der Waals surface area contributed by atoms with E-state index in [4.69, 9.17) is 23.2 Å². The summed E-state index contributed by atoms with van der Waals surface area (Å²) in [7, 11) is 0. The Kier molecular flexibility index (Phi) is 9.34. The van der Waals surface area contributed by atoms with Crippen molar-refractivity contribution in [3.8, 4) is 0 Å². The van der Waals surface area contributed by atoms with Crippen molar-refractivity contribution < 1.29 is 9.59 Å². The molecule has 0 fully saturated rings. The smallest absolute Gasteiger partial charge is 0.242 e. The summed E-state index contributed by atoms with van der Waals surface area (Å²) in [6.07, 6.45) is 0. The van der Waals surface area contributed by atoms with Crippen LogP contribution in [0.25, 0.3) is 0 Å². The van der Waals surface area contributed by atoms with Crippen LogP contribution >= 0.6 is 35.0 Å². The summed E-state index contributed by atoms with van der Waals surface area (Å²) in [5.41, 5.74) is 0.808. The van der Waals surface area contributed by atoms with Gasteiger partial charge >= 0.3 is 0 Å². The van der Waals surface area contributed by atoms with Crippen LogP contribution in [0.2, 0.25) is 10.0 Å². The monoisotopic (exact) mass is 452 g/mol. The number of thioether (sulfide) groups is 1. The Morgan fingerprint density at radius 2 is 1.69 bits per heavy atom. The summed E-state index contributed by atoms with van der Waals surface area (Å²) in [6, 6.07) is 14.1. The Balaban J connectivity index is 2.13. The van der Waals surface area contributed by atoms with Gasteiger partial charge in [-0.3, -0.25) is 9.59 Å². The maximum Gasteiger partial charge on any atom is 0.242 e. The largest absolute Gasteiger partial charge is 0.354 e. The molecule has 0 radical (unpaired) electrons. The van der Waals surface area contributed by atoms with Crippen LogP contribution in [-0.2, 0) is 16.1 Å². The van der Waals surface area contributed by atoms with E-state index in [0.717, 1.165) is 10.5 Å². The van der Waals surface area contributed by atoms with Gasteiger partial charge in [0, 0.05) is 28.0 Å². The van der Waals surface area contributed by atoms with Gasteiger partial charge in [0.25, 0.3) is 0 Å². The SMILES string of the molecule is CC(C)CNC(=O)[C@H](C)N(Cc1ccccc1Cl)C(=O)CSc1ccc(Cl)cc1. The number of carbonyl (C=O) groups excluding carboxylic acids is 2. The minimum absolute atomic E-state index is 0.128. The summed E-state index contributed by atoms with van der Waals surface area (Å²) >= 11 is 13.6. The zero-order valence-corrected chi connectivity index (χ0v) is 19.2. The van der Waals surface area contributed by atoms with Gasteiger partial charge in [-0.2, -0.15) is 0 Å². The maximum absolute atomic E-state index is 13.0. The Labute approximate surface area is 187 Å². The Bertz CT molecular complexity index is 828. The first-order chi connectivity index (χ1) is 13.8. The predicted molar refractivity (Wildman–Crippen MR) is 121 cm³/mol. The molecule has 2 amide bonds. The van der Waals surface area contributed by atoms with Gasteiger partial charge in [0.2, 0.25) is 11.8 Å². The van der Waals surface area contributed by atoms with E-state index in [1.54, 1.807) is 30.0 Å². The minimum Gasteiger partial charge on any atom is -0.354 e. The fourth-order valence-electron chi connectivity index (χ4n) is 2.60. The zero-order valence-electron chi connectivity index (χ0n) is 16.8. The van der Waals surface area contributed by atoms with Gasteiger partial charge in [-0.15, -0.1) is 11.8 Å². The third-order valence-electron chi connectivity index (χ3n) is 4.33. The van der Waals surface area contributed by atoms with E-state index in [9.17, 15) is 9.59 Å². The van der Waals surface area contributed by atoms with E-state index in [0.29, 0.717) is 22.5 Å². The highest BCUT2D eigenvalue weighted by Crippen LogP contribution is 2.23. The lowest BCUT2D eigenvalue weighted by Crippen LogP contribution is -2.48. The Hall–Kier alpha value is -1.69. The van der Waals surface area contributed by atoms with E-state index in [-0.39, 0.29) is 24.1 Å². The number of benzene rings is 2. The molecule has 156 valence electrons. The topological polar surface area (TPSA) is 49.4 Å². The predicted octanol–water partition coefficient (Wildman–Crippen LogP) is 5.28. The molecule has 7 heteroatoms. The molecule has 0 spiro atoms.